The Hall–Kier alpha value is -2.56. The molecule has 0 saturated heterocycles. The second kappa shape index (κ2) is 6.74. The van der Waals surface area contributed by atoms with Crippen molar-refractivity contribution in [2.45, 2.75) is 20.0 Å². The largest absolute Gasteiger partial charge is 0.487 e. The summed E-state index contributed by atoms with van der Waals surface area (Å²) in [6.45, 7) is 2.52. The van der Waals surface area contributed by atoms with E-state index in [0.29, 0.717) is 6.61 Å². The van der Waals surface area contributed by atoms with Gasteiger partial charge >= 0.3 is 5.97 Å². The van der Waals surface area contributed by atoms with Crippen LogP contribution in [-0.2, 0) is 24.9 Å². The van der Waals surface area contributed by atoms with Gasteiger partial charge in [0.05, 0.1) is 11.4 Å². The Labute approximate surface area is 123 Å². The first-order chi connectivity index (χ1) is 10.1. The first-order valence-corrected chi connectivity index (χ1v) is 6.74. The molecule has 2 rings (SSSR count). The average molecular weight is 286 g/mol. The van der Waals surface area contributed by atoms with Crippen LogP contribution in [0.3, 0.4) is 0 Å². The molecule has 0 saturated carbocycles. The summed E-state index contributed by atoms with van der Waals surface area (Å²) in [5, 5.41) is 12.9. The molecule has 2 aromatic rings. The molecule has 1 aromatic carbocycles. The van der Waals surface area contributed by atoms with Crippen LogP contribution in [0.25, 0.3) is 6.08 Å². The number of aryl methyl sites for hydroxylation is 2. The lowest BCUT2D eigenvalue weighted by molar-refractivity contribution is -0.131. The fourth-order valence-corrected chi connectivity index (χ4v) is 1.88. The Morgan fingerprint density at radius 2 is 2.10 bits per heavy atom. The summed E-state index contributed by atoms with van der Waals surface area (Å²) in [5.41, 5.74) is 2.88. The Morgan fingerprint density at radius 1 is 1.38 bits per heavy atom. The molecule has 21 heavy (non-hydrogen) atoms. The molecule has 0 radical (unpaired) electrons. The van der Waals surface area contributed by atoms with Crippen molar-refractivity contribution >= 4 is 12.0 Å². The number of ether oxygens (including phenoxy) is 1. The summed E-state index contributed by atoms with van der Waals surface area (Å²) < 4.78 is 7.53. The molecule has 110 valence electrons. The van der Waals surface area contributed by atoms with Crippen molar-refractivity contribution in [1.29, 1.82) is 0 Å². The quantitative estimate of drug-likeness (QED) is 0.829. The molecule has 0 spiro atoms. The zero-order chi connectivity index (χ0) is 15.2. The van der Waals surface area contributed by atoms with Crippen molar-refractivity contribution in [2.24, 2.45) is 7.05 Å². The molecule has 5 nitrogen and oxygen atoms in total. The molecule has 0 atom stereocenters. The monoisotopic (exact) mass is 286 g/mol. The molecule has 1 aromatic heterocycles. The maximum Gasteiger partial charge on any atom is 0.328 e. The SMILES string of the molecule is CCc1cc(COc2ccc(C=CC(=O)O)cc2)n(C)n1. The number of aliphatic carboxylic acids is 1. The van der Waals surface area contributed by atoms with Gasteiger partial charge < -0.3 is 9.84 Å². The molecule has 0 unspecified atom stereocenters. The molecule has 1 heterocycles. The Bertz CT molecular complexity index is 642. The number of benzene rings is 1. The number of carboxylic acid groups (broad SMARTS) is 1. The van der Waals surface area contributed by atoms with Gasteiger partial charge in [-0.25, -0.2) is 4.79 Å². The average Bonchev–Trinajstić information content (AvgIpc) is 2.84. The van der Waals surface area contributed by atoms with E-state index in [1.54, 1.807) is 6.08 Å². The van der Waals surface area contributed by atoms with E-state index < -0.39 is 5.97 Å². The zero-order valence-electron chi connectivity index (χ0n) is 12.1. The maximum atomic E-state index is 10.4. The van der Waals surface area contributed by atoms with Crippen molar-refractivity contribution in [3.8, 4) is 5.75 Å². The molecule has 0 fully saturated rings. The van der Waals surface area contributed by atoms with Crippen LogP contribution in [0.2, 0.25) is 0 Å². The summed E-state index contributed by atoms with van der Waals surface area (Å²) in [6, 6.07) is 9.30. The first-order valence-electron chi connectivity index (χ1n) is 6.74. The summed E-state index contributed by atoms with van der Waals surface area (Å²) in [7, 11) is 1.90. The minimum Gasteiger partial charge on any atom is -0.487 e. The van der Waals surface area contributed by atoms with Crippen molar-refractivity contribution < 1.29 is 14.6 Å². The minimum atomic E-state index is -0.960. The van der Waals surface area contributed by atoms with Crippen molar-refractivity contribution in [2.75, 3.05) is 0 Å². The topological polar surface area (TPSA) is 64.3 Å². The van der Waals surface area contributed by atoms with Gasteiger partial charge in [-0.1, -0.05) is 19.1 Å². The predicted molar refractivity (Wildman–Crippen MR) is 80.0 cm³/mol. The van der Waals surface area contributed by atoms with E-state index in [1.165, 1.54) is 0 Å². The van der Waals surface area contributed by atoms with Gasteiger partial charge in [0.15, 0.2) is 0 Å². The van der Waals surface area contributed by atoms with Crippen molar-refractivity contribution in [3.63, 3.8) is 0 Å². The lowest BCUT2D eigenvalue weighted by Gasteiger charge is -2.06. The molecule has 1 N–H and O–H groups in total. The van der Waals surface area contributed by atoms with Crippen LogP contribution < -0.4 is 4.74 Å². The number of aromatic nitrogens is 2. The third-order valence-electron chi connectivity index (χ3n) is 3.07. The number of rotatable bonds is 6. The molecular formula is C16H18N2O3. The molecular weight excluding hydrogens is 268 g/mol. The van der Waals surface area contributed by atoms with Gasteiger partial charge in [-0.3, -0.25) is 4.68 Å². The van der Waals surface area contributed by atoms with E-state index in [9.17, 15) is 4.79 Å². The van der Waals surface area contributed by atoms with Crippen LogP contribution in [-0.4, -0.2) is 20.9 Å². The van der Waals surface area contributed by atoms with Gasteiger partial charge in [-0.05, 0) is 36.3 Å². The van der Waals surface area contributed by atoms with Crippen LogP contribution in [0.15, 0.2) is 36.4 Å². The lowest BCUT2D eigenvalue weighted by atomic mass is 10.2. The molecule has 0 aliphatic heterocycles. The third-order valence-corrected chi connectivity index (χ3v) is 3.07. The van der Waals surface area contributed by atoms with Gasteiger partial charge in [0.1, 0.15) is 12.4 Å². The van der Waals surface area contributed by atoms with E-state index >= 15 is 0 Å². The molecule has 0 bridgehead atoms. The fraction of sp³-hybridized carbons (Fsp3) is 0.250. The van der Waals surface area contributed by atoms with E-state index in [1.807, 2.05) is 42.1 Å². The van der Waals surface area contributed by atoms with Gasteiger partial charge in [-0.2, -0.15) is 5.10 Å². The highest BCUT2D eigenvalue weighted by molar-refractivity contribution is 5.85. The summed E-state index contributed by atoms with van der Waals surface area (Å²) in [6.07, 6.45) is 3.55. The highest BCUT2D eigenvalue weighted by Crippen LogP contribution is 2.15. The lowest BCUT2D eigenvalue weighted by Crippen LogP contribution is -2.02. The molecule has 5 heteroatoms. The smallest absolute Gasteiger partial charge is 0.328 e. The van der Waals surface area contributed by atoms with Crippen LogP contribution in [0.1, 0.15) is 23.9 Å². The second-order valence-electron chi connectivity index (χ2n) is 4.63. The van der Waals surface area contributed by atoms with E-state index in [-0.39, 0.29) is 0 Å². The van der Waals surface area contributed by atoms with Gasteiger partial charge in [0, 0.05) is 13.1 Å². The molecule has 0 amide bonds. The van der Waals surface area contributed by atoms with Crippen LogP contribution in [0.5, 0.6) is 5.75 Å². The number of carboxylic acids is 1. The number of hydrogen-bond acceptors (Lipinski definition) is 3. The summed E-state index contributed by atoms with van der Waals surface area (Å²) in [5.74, 6) is -0.222. The minimum absolute atomic E-state index is 0.452. The molecule has 0 aliphatic carbocycles. The van der Waals surface area contributed by atoms with Gasteiger partial charge in [-0.15, -0.1) is 0 Å². The number of carbonyl (C=O) groups is 1. The Kier molecular flexibility index (Phi) is 4.77. The summed E-state index contributed by atoms with van der Waals surface area (Å²) >= 11 is 0. The van der Waals surface area contributed by atoms with E-state index in [4.69, 9.17) is 9.84 Å². The normalized spacial score (nSPS) is 11.0. The standard InChI is InChI=1S/C16H18N2O3/c1-3-13-10-14(18(2)17-13)11-21-15-7-4-12(5-8-15)6-9-16(19)20/h4-10H,3,11H2,1-2H3,(H,19,20). The predicted octanol–water partition coefficient (Wildman–Crippen LogP) is 2.66. The van der Waals surface area contributed by atoms with Gasteiger partial charge in [0.25, 0.3) is 0 Å². The van der Waals surface area contributed by atoms with E-state index in [0.717, 1.165) is 35.2 Å². The maximum absolute atomic E-state index is 10.4. The fourth-order valence-electron chi connectivity index (χ4n) is 1.88. The second-order valence-corrected chi connectivity index (χ2v) is 4.63. The highest BCUT2D eigenvalue weighted by atomic mass is 16.5. The first kappa shape index (κ1) is 14.8. The van der Waals surface area contributed by atoms with Crippen molar-refractivity contribution in [1.82, 2.24) is 9.78 Å². The van der Waals surface area contributed by atoms with Crippen molar-refractivity contribution in [3.05, 3.63) is 53.4 Å². The van der Waals surface area contributed by atoms with E-state index in [2.05, 4.69) is 12.0 Å². The molecule has 0 aliphatic rings. The van der Waals surface area contributed by atoms with Crippen LogP contribution in [0.4, 0.5) is 0 Å². The van der Waals surface area contributed by atoms with Gasteiger partial charge in [0.2, 0.25) is 0 Å². The Morgan fingerprint density at radius 3 is 2.67 bits per heavy atom. The summed E-state index contributed by atoms with van der Waals surface area (Å²) in [4.78, 5) is 10.4. The zero-order valence-corrected chi connectivity index (χ0v) is 12.1. The van der Waals surface area contributed by atoms with Crippen LogP contribution >= 0.6 is 0 Å². The Balaban J connectivity index is 1.97. The third kappa shape index (κ3) is 4.21. The number of hydrogen-bond donors (Lipinski definition) is 1. The number of nitrogens with zero attached hydrogens (tertiary/aromatic N) is 2. The van der Waals surface area contributed by atoms with Crippen LogP contribution in [0, 0.1) is 0 Å². The highest BCUT2D eigenvalue weighted by Gasteiger charge is 2.04.